The van der Waals surface area contributed by atoms with Crippen molar-refractivity contribution in [1.29, 1.82) is 5.26 Å². The van der Waals surface area contributed by atoms with Crippen LogP contribution in [0.15, 0.2) is 24.5 Å². The normalized spacial score (nSPS) is 11.4. The van der Waals surface area contributed by atoms with Gasteiger partial charge in [0.15, 0.2) is 0 Å². The number of aromatic nitrogens is 2. The summed E-state index contributed by atoms with van der Waals surface area (Å²) in [5.74, 6) is 0. The lowest BCUT2D eigenvalue weighted by molar-refractivity contribution is 0.197. The number of hydrogen-bond acceptors (Lipinski definition) is 3. The lowest BCUT2D eigenvalue weighted by Crippen LogP contribution is -2.14. The van der Waals surface area contributed by atoms with Crippen molar-refractivity contribution in [1.82, 2.24) is 9.55 Å². The van der Waals surface area contributed by atoms with Crippen LogP contribution in [0.25, 0.3) is 11.0 Å². The molecule has 0 saturated heterocycles. The Hall–Kier alpha value is -2.35. The monoisotopic (exact) mass is 229 g/mol. The van der Waals surface area contributed by atoms with Crippen molar-refractivity contribution < 1.29 is 9.90 Å². The summed E-state index contributed by atoms with van der Waals surface area (Å²) in [6, 6.07) is 5.50. The third-order valence-electron chi connectivity index (χ3n) is 2.72. The second kappa shape index (κ2) is 3.59. The number of fused-ring (bicyclic) bond motifs is 1. The van der Waals surface area contributed by atoms with Crippen LogP contribution in [-0.4, -0.2) is 20.8 Å². The van der Waals surface area contributed by atoms with Gasteiger partial charge in [-0.25, -0.2) is 4.79 Å². The van der Waals surface area contributed by atoms with Gasteiger partial charge in [0.2, 0.25) is 0 Å². The Morgan fingerprint density at radius 2 is 2.29 bits per heavy atom. The van der Waals surface area contributed by atoms with Crippen LogP contribution in [0.5, 0.6) is 0 Å². The van der Waals surface area contributed by atoms with E-state index in [4.69, 9.17) is 10.4 Å². The van der Waals surface area contributed by atoms with Crippen molar-refractivity contribution in [3.05, 3.63) is 30.1 Å². The molecule has 0 spiro atoms. The van der Waals surface area contributed by atoms with Crippen molar-refractivity contribution in [2.75, 3.05) is 0 Å². The minimum atomic E-state index is -1.08. The summed E-state index contributed by atoms with van der Waals surface area (Å²) in [7, 11) is 0. The summed E-state index contributed by atoms with van der Waals surface area (Å²) in [6.45, 7) is 3.48. The Balaban J connectivity index is 2.83. The van der Waals surface area contributed by atoms with Crippen LogP contribution >= 0.6 is 0 Å². The van der Waals surface area contributed by atoms with Gasteiger partial charge < -0.3 is 5.11 Å². The van der Waals surface area contributed by atoms with Gasteiger partial charge in [0, 0.05) is 18.0 Å². The zero-order valence-electron chi connectivity index (χ0n) is 9.51. The number of carbonyl (C=O) groups is 1. The minimum absolute atomic E-state index is 0.498. The van der Waals surface area contributed by atoms with E-state index in [1.165, 1.54) is 6.20 Å². The van der Waals surface area contributed by atoms with Crippen molar-refractivity contribution in [3.63, 3.8) is 0 Å². The molecular weight excluding hydrogens is 218 g/mol. The smallest absolute Gasteiger partial charge is 0.416 e. The van der Waals surface area contributed by atoms with E-state index in [1.807, 2.05) is 0 Å². The molecule has 0 amide bonds. The van der Waals surface area contributed by atoms with Gasteiger partial charge in [-0.15, -0.1) is 0 Å². The van der Waals surface area contributed by atoms with E-state index in [0.29, 0.717) is 16.6 Å². The zero-order valence-corrected chi connectivity index (χ0v) is 9.51. The fourth-order valence-electron chi connectivity index (χ4n) is 1.73. The molecule has 0 bridgehead atoms. The SMILES string of the molecule is CC(C)(C#N)c1cn(C(=O)O)c2cccnc12. The van der Waals surface area contributed by atoms with E-state index in [0.717, 1.165) is 4.57 Å². The van der Waals surface area contributed by atoms with Gasteiger partial charge in [-0.3, -0.25) is 9.55 Å². The molecule has 2 aromatic rings. The fraction of sp³-hybridized carbons (Fsp3) is 0.250. The average molecular weight is 229 g/mol. The van der Waals surface area contributed by atoms with Gasteiger partial charge in [-0.05, 0) is 26.0 Å². The van der Waals surface area contributed by atoms with Gasteiger partial charge in [-0.1, -0.05) is 0 Å². The predicted octanol–water partition coefficient (Wildman–Crippen LogP) is 2.36. The molecule has 0 atom stereocenters. The largest absolute Gasteiger partial charge is 0.464 e. The van der Waals surface area contributed by atoms with E-state index in [2.05, 4.69) is 11.1 Å². The van der Waals surface area contributed by atoms with E-state index in [-0.39, 0.29) is 0 Å². The van der Waals surface area contributed by atoms with Crippen molar-refractivity contribution >= 4 is 17.1 Å². The molecule has 2 heterocycles. The summed E-state index contributed by atoms with van der Waals surface area (Å²) >= 11 is 0. The summed E-state index contributed by atoms with van der Waals surface area (Å²) in [5.41, 5.74) is 0.908. The molecule has 0 aromatic carbocycles. The minimum Gasteiger partial charge on any atom is -0.464 e. The van der Waals surface area contributed by atoms with Crippen LogP contribution in [0.2, 0.25) is 0 Å². The molecule has 86 valence electrons. The fourth-order valence-corrected chi connectivity index (χ4v) is 1.73. The van der Waals surface area contributed by atoms with Crippen LogP contribution in [0.1, 0.15) is 19.4 Å². The molecule has 0 unspecified atom stereocenters. The molecule has 0 aliphatic heterocycles. The molecule has 0 fully saturated rings. The van der Waals surface area contributed by atoms with Crippen molar-refractivity contribution in [2.45, 2.75) is 19.3 Å². The average Bonchev–Trinajstić information content (AvgIpc) is 2.69. The quantitative estimate of drug-likeness (QED) is 0.814. The molecule has 0 saturated carbocycles. The first-order valence-electron chi connectivity index (χ1n) is 5.08. The summed E-state index contributed by atoms with van der Waals surface area (Å²) in [6.07, 6.45) is 1.97. The lowest BCUT2D eigenvalue weighted by atomic mass is 9.87. The van der Waals surface area contributed by atoms with Crippen LogP contribution in [0.3, 0.4) is 0 Å². The maximum absolute atomic E-state index is 11.1. The van der Waals surface area contributed by atoms with Crippen LogP contribution in [-0.2, 0) is 5.41 Å². The van der Waals surface area contributed by atoms with Crippen LogP contribution < -0.4 is 0 Å². The van der Waals surface area contributed by atoms with Crippen molar-refractivity contribution in [3.8, 4) is 6.07 Å². The number of nitrogens with zero attached hydrogens (tertiary/aromatic N) is 3. The predicted molar refractivity (Wildman–Crippen MR) is 61.8 cm³/mol. The van der Waals surface area contributed by atoms with E-state index >= 15 is 0 Å². The van der Waals surface area contributed by atoms with Gasteiger partial charge in [0.05, 0.1) is 22.5 Å². The van der Waals surface area contributed by atoms with Gasteiger partial charge in [0.1, 0.15) is 0 Å². The first-order valence-corrected chi connectivity index (χ1v) is 5.08. The summed E-state index contributed by atoms with van der Waals surface area (Å²) in [5, 5.41) is 18.2. The Labute approximate surface area is 97.9 Å². The van der Waals surface area contributed by atoms with Gasteiger partial charge in [-0.2, -0.15) is 5.26 Å². The number of carboxylic acid groups (broad SMARTS) is 1. The zero-order chi connectivity index (χ0) is 12.6. The molecule has 0 aliphatic rings. The standard InChI is InChI=1S/C12H11N3O2/c1-12(2,7-13)8-6-15(11(16)17)9-4-3-5-14-10(8)9/h3-6H,1-2H3,(H,16,17). The topological polar surface area (TPSA) is 78.9 Å². The summed E-state index contributed by atoms with van der Waals surface area (Å²) < 4.78 is 1.09. The van der Waals surface area contributed by atoms with Gasteiger partial charge in [0.25, 0.3) is 0 Å². The number of pyridine rings is 1. The molecule has 5 nitrogen and oxygen atoms in total. The molecule has 0 aliphatic carbocycles. The van der Waals surface area contributed by atoms with Gasteiger partial charge >= 0.3 is 6.09 Å². The van der Waals surface area contributed by atoms with E-state index in [1.54, 1.807) is 32.2 Å². The Bertz CT molecular complexity index is 635. The maximum Gasteiger partial charge on any atom is 0.416 e. The second-order valence-corrected chi connectivity index (χ2v) is 4.30. The van der Waals surface area contributed by atoms with E-state index in [9.17, 15) is 4.79 Å². The molecule has 0 radical (unpaired) electrons. The van der Waals surface area contributed by atoms with Crippen LogP contribution in [0.4, 0.5) is 4.79 Å². The molecule has 2 rings (SSSR count). The summed E-state index contributed by atoms with van der Waals surface area (Å²) in [4.78, 5) is 15.3. The number of hydrogen-bond donors (Lipinski definition) is 1. The van der Waals surface area contributed by atoms with Crippen LogP contribution in [0, 0.1) is 11.3 Å². The molecular formula is C12H11N3O2. The molecule has 5 heteroatoms. The highest BCUT2D eigenvalue weighted by Crippen LogP contribution is 2.30. The lowest BCUT2D eigenvalue weighted by Gasteiger charge is -2.12. The Morgan fingerprint density at radius 3 is 2.88 bits per heavy atom. The number of nitriles is 1. The first-order chi connectivity index (χ1) is 7.97. The van der Waals surface area contributed by atoms with Crippen molar-refractivity contribution in [2.24, 2.45) is 0 Å². The highest BCUT2D eigenvalue weighted by Gasteiger charge is 2.26. The Kier molecular flexibility index (Phi) is 2.36. The first kappa shape index (κ1) is 11.1. The molecule has 2 aromatic heterocycles. The third kappa shape index (κ3) is 1.64. The molecule has 1 N–H and O–H groups in total. The Morgan fingerprint density at radius 1 is 1.59 bits per heavy atom. The number of rotatable bonds is 1. The highest BCUT2D eigenvalue weighted by molar-refractivity contribution is 5.89. The molecule has 17 heavy (non-hydrogen) atoms. The van der Waals surface area contributed by atoms with E-state index < -0.39 is 11.5 Å². The highest BCUT2D eigenvalue weighted by atomic mass is 16.4. The third-order valence-corrected chi connectivity index (χ3v) is 2.72. The second-order valence-electron chi connectivity index (χ2n) is 4.30. The maximum atomic E-state index is 11.1.